The third kappa shape index (κ3) is 1.88. The Bertz CT molecular complexity index is 614. The molecule has 2 aromatic carbocycles. The fourth-order valence-electron chi connectivity index (χ4n) is 3.14. The first-order valence-electron chi connectivity index (χ1n) is 6.95. The van der Waals surface area contributed by atoms with Gasteiger partial charge in [-0.1, -0.05) is 42.5 Å². The van der Waals surface area contributed by atoms with Gasteiger partial charge in [0.15, 0.2) is 0 Å². The van der Waals surface area contributed by atoms with E-state index in [4.69, 9.17) is 4.74 Å². The van der Waals surface area contributed by atoms with Crippen molar-refractivity contribution in [1.82, 2.24) is 5.32 Å². The third-order valence-corrected chi connectivity index (χ3v) is 4.12. The van der Waals surface area contributed by atoms with Crippen molar-refractivity contribution in [3.63, 3.8) is 0 Å². The smallest absolute Gasteiger partial charge is 0.0949 e. The summed E-state index contributed by atoms with van der Waals surface area (Å²) < 4.78 is 5.84. The average molecular weight is 251 g/mol. The van der Waals surface area contributed by atoms with Crippen molar-refractivity contribution in [2.75, 3.05) is 19.7 Å². The van der Waals surface area contributed by atoms with Gasteiger partial charge >= 0.3 is 0 Å². The van der Waals surface area contributed by atoms with E-state index in [-0.39, 0.29) is 6.10 Å². The van der Waals surface area contributed by atoms with Gasteiger partial charge in [-0.3, -0.25) is 0 Å². The topological polar surface area (TPSA) is 21.3 Å². The Kier molecular flexibility index (Phi) is 2.64. The summed E-state index contributed by atoms with van der Waals surface area (Å²) in [7, 11) is 0. The highest BCUT2D eigenvalue weighted by Crippen LogP contribution is 2.37. The molecule has 4 rings (SSSR count). The van der Waals surface area contributed by atoms with Crippen molar-refractivity contribution in [3.05, 3.63) is 59.2 Å². The summed E-state index contributed by atoms with van der Waals surface area (Å²) in [6, 6.07) is 15.5. The van der Waals surface area contributed by atoms with Crippen LogP contribution in [0.15, 0.2) is 42.5 Å². The summed E-state index contributed by atoms with van der Waals surface area (Å²) in [6.07, 6.45) is 1.27. The zero-order chi connectivity index (χ0) is 12.7. The van der Waals surface area contributed by atoms with Crippen molar-refractivity contribution in [2.24, 2.45) is 0 Å². The summed E-state index contributed by atoms with van der Waals surface area (Å²) in [5, 5.41) is 3.39. The number of benzene rings is 2. The molecule has 1 aliphatic carbocycles. The van der Waals surface area contributed by atoms with Gasteiger partial charge in [-0.2, -0.15) is 0 Å². The highest BCUT2D eigenvalue weighted by molar-refractivity contribution is 5.76. The van der Waals surface area contributed by atoms with Crippen molar-refractivity contribution in [3.8, 4) is 11.1 Å². The van der Waals surface area contributed by atoms with Gasteiger partial charge in [0, 0.05) is 13.1 Å². The molecule has 1 fully saturated rings. The van der Waals surface area contributed by atoms with E-state index in [1.807, 2.05) is 0 Å². The number of ether oxygens (including phenoxy) is 1. The van der Waals surface area contributed by atoms with Crippen molar-refractivity contribution in [1.29, 1.82) is 0 Å². The van der Waals surface area contributed by atoms with E-state index in [9.17, 15) is 0 Å². The van der Waals surface area contributed by atoms with Crippen LogP contribution in [0.2, 0.25) is 0 Å². The van der Waals surface area contributed by atoms with Gasteiger partial charge in [-0.25, -0.2) is 0 Å². The molecule has 1 atom stereocenters. The maximum absolute atomic E-state index is 5.84. The molecular formula is C17H17NO. The van der Waals surface area contributed by atoms with E-state index in [0.717, 1.165) is 26.1 Å². The fourth-order valence-corrected chi connectivity index (χ4v) is 3.14. The SMILES string of the molecule is c1ccc2c(c1)Cc1cc(C3CNCCO3)ccc1-2. The molecule has 0 bridgehead atoms. The Morgan fingerprint density at radius 3 is 2.79 bits per heavy atom. The largest absolute Gasteiger partial charge is 0.371 e. The van der Waals surface area contributed by atoms with E-state index < -0.39 is 0 Å². The Hall–Kier alpha value is -1.64. The van der Waals surface area contributed by atoms with Crippen molar-refractivity contribution >= 4 is 0 Å². The van der Waals surface area contributed by atoms with Crippen LogP contribution in [0, 0.1) is 0 Å². The fraction of sp³-hybridized carbons (Fsp3) is 0.294. The van der Waals surface area contributed by atoms with E-state index >= 15 is 0 Å². The van der Waals surface area contributed by atoms with Gasteiger partial charge in [0.25, 0.3) is 0 Å². The van der Waals surface area contributed by atoms with Gasteiger partial charge < -0.3 is 10.1 Å². The molecule has 2 aromatic rings. The Morgan fingerprint density at radius 1 is 1.00 bits per heavy atom. The number of nitrogens with one attached hydrogen (secondary N) is 1. The maximum atomic E-state index is 5.84. The molecule has 2 aliphatic rings. The summed E-state index contributed by atoms with van der Waals surface area (Å²) in [4.78, 5) is 0. The second kappa shape index (κ2) is 4.48. The Morgan fingerprint density at radius 2 is 1.89 bits per heavy atom. The molecule has 96 valence electrons. The second-order valence-electron chi connectivity index (χ2n) is 5.31. The van der Waals surface area contributed by atoms with Gasteiger partial charge in [-0.05, 0) is 34.2 Å². The summed E-state index contributed by atoms with van der Waals surface area (Å²) in [5.74, 6) is 0. The van der Waals surface area contributed by atoms with Gasteiger partial charge in [0.1, 0.15) is 0 Å². The minimum Gasteiger partial charge on any atom is -0.371 e. The molecule has 1 saturated heterocycles. The van der Waals surface area contributed by atoms with E-state index in [0.29, 0.717) is 0 Å². The lowest BCUT2D eigenvalue weighted by molar-refractivity contribution is 0.0277. The van der Waals surface area contributed by atoms with E-state index in [1.54, 1.807) is 0 Å². The lowest BCUT2D eigenvalue weighted by Crippen LogP contribution is -2.33. The molecule has 0 aromatic heterocycles. The zero-order valence-corrected chi connectivity index (χ0v) is 10.9. The number of morpholine rings is 1. The van der Waals surface area contributed by atoms with Crippen LogP contribution in [0.5, 0.6) is 0 Å². The molecule has 0 amide bonds. The molecule has 0 spiro atoms. The van der Waals surface area contributed by atoms with Crippen LogP contribution in [-0.2, 0) is 11.2 Å². The van der Waals surface area contributed by atoms with Crippen molar-refractivity contribution < 1.29 is 4.74 Å². The monoisotopic (exact) mass is 251 g/mol. The summed E-state index contributed by atoms with van der Waals surface area (Å²) >= 11 is 0. The molecule has 0 saturated carbocycles. The zero-order valence-electron chi connectivity index (χ0n) is 10.9. The molecule has 1 N–H and O–H groups in total. The van der Waals surface area contributed by atoms with Crippen LogP contribution < -0.4 is 5.32 Å². The van der Waals surface area contributed by atoms with Gasteiger partial charge in [-0.15, -0.1) is 0 Å². The molecule has 0 radical (unpaired) electrons. The van der Waals surface area contributed by atoms with E-state index in [2.05, 4.69) is 47.8 Å². The normalized spacial score (nSPS) is 20.9. The van der Waals surface area contributed by atoms with Crippen LogP contribution in [0.3, 0.4) is 0 Å². The molecule has 19 heavy (non-hydrogen) atoms. The molecule has 1 heterocycles. The van der Waals surface area contributed by atoms with Crippen LogP contribution in [0.4, 0.5) is 0 Å². The Balaban J connectivity index is 1.71. The molecule has 2 nitrogen and oxygen atoms in total. The summed E-state index contributed by atoms with van der Waals surface area (Å²) in [6.45, 7) is 2.70. The minimum absolute atomic E-state index is 0.211. The van der Waals surface area contributed by atoms with Gasteiger partial charge in [0.05, 0.1) is 12.7 Å². The molecule has 2 heteroatoms. The predicted octanol–water partition coefficient (Wildman–Crippen LogP) is 2.92. The standard InChI is InChI=1S/C17H17NO/c1-2-4-15-12(3-1)9-14-10-13(5-6-16(14)15)17-11-18-7-8-19-17/h1-6,10,17-18H,7-9,11H2. The van der Waals surface area contributed by atoms with Crippen LogP contribution in [-0.4, -0.2) is 19.7 Å². The number of rotatable bonds is 1. The maximum Gasteiger partial charge on any atom is 0.0949 e. The summed E-state index contributed by atoms with van der Waals surface area (Å²) in [5.41, 5.74) is 6.97. The number of hydrogen-bond acceptors (Lipinski definition) is 2. The lowest BCUT2D eigenvalue weighted by atomic mass is 10.0. The third-order valence-electron chi connectivity index (χ3n) is 4.12. The van der Waals surface area contributed by atoms with E-state index in [1.165, 1.54) is 27.8 Å². The van der Waals surface area contributed by atoms with Crippen LogP contribution in [0.1, 0.15) is 22.8 Å². The minimum atomic E-state index is 0.211. The lowest BCUT2D eigenvalue weighted by Gasteiger charge is -2.24. The van der Waals surface area contributed by atoms with Crippen LogP contribution in [0.25, 0.3) is 11.1 Å². The Labute approximate surface area is 113 Å². The van der Waals surface area contributed by atoms with Gasteiger partial charge in [0.2, 0.25) is 0 Å². The number of hydrogen-bond donors (Lipinski definition) is 1. The first-order chi connectivity index (χ1) is 9.42. The highest BCUT2D eigenvalue weighted by atomic mass is 16.5. The quantitative estimate of drug-likeness (QED) is 0.718. The first-order valence-corrected chi connectivity index (χ1v) is 6.95. The first kappa shape index (κ1) is 11.2. The van der Waals surface area contributed by atoms with Crippen molar-refractivity contribution in [2.45, 2.75) is 12.5 Å². The second-order valence-corrected chi connectivity index (χ2v) is 5.31. The number of fused-ring (bicyclic) bond motifs is 3. The molecule has 1 aliphatic heterocycles. The molecule has 1 unspecified atom stereocenters. The molecular weight excluding hydrogens is 234 g/mol. The highest BCUT2D eigenvalue weighted by Gasteiger charge is 2.21. The predicted molar refractivity (Wildman–Crippen MR) is 76.2 cm³/mol. The van der Waals surface area contributed by atoms with Crippen LogP contribution >= 0.6 is 0 Å². The average Bonchev–Trinajstić information content (AvgIpc) is 2.86.